The molecule has 0 aliphatic heterocycles. The van der Waals surface area contributed by atoms with E-state index in [9.17, 15) is 4.79 Å². The third kappa shape index (κ3) is 5.09. The van der Waals surface area contributed by atoms with Crippen LogP contribution in [0.1, 0.15) is 31.9 Å². The van der Waals surface area contributed by atoms with Crippen LogP contribution in [0.25, 0.3) is 0 Å². The van der Waals surface area contributed by atoms with Gasteiger partial charge in [-0.05, 0) is 31.5 Å². The molecule has 0 radical (unpaired) electrons. The standard InChI is InChI=1S/C13H19NO4.C2H6/c1-8-5-11(17-3)10(12(6-8)18-4)7-14-9(2)13(15)16;1-2/h5-6,9,14H,7H2,1-4H3,(H,15,16);1-2H3. The van der Waals surface area contributed by atoms with E-state index in [1.807, 2.05) is 32.9 Å². The zero-order valence-corrected chi connectivity index (χ0v) is 13.1. The first kappa shape index (κ1) is 18.2. The minimum atomic E-state index is -0.889. The van der Waals surface area contributed by atoms with E-state index in [0.29, 0.717) is 18.0 Å². The fourth-order valence-corrected chi connectivity index (χ4v) is 1.63. The quantitative estimate of drug-likeness (QED) is 0.840. The Kier molecular flexibility index (Phi) is 8.40. The number of hydrogen-bond acceptors (Lipinski definition) is 4. The summed E-state index contributed by atoms with van der Waals surface area (Å²) in [6, 6.07) is 3.16. The van der Waals surface area contributed by atoms with Gasteiger partial charge in [0.1, 0.15) is 17.5 Å². The smallest absolute Gasteiger partial charge is 0.320 e. The first-order valence-corrected chi connectivity index (χ1v) is 6.67. The summed E-state index contributed by atoms with van der Waals surface area (Å²) in [5.41, 5.74) is 1.84. The highest BCUT2D eigenvalue weighted by molar-refractivity contribution is 5.72. The maximum absolute atomic E-state index is 10.8. The zero-order chi connectivity index (χ0) is 15.7. The highest BCUT2D eigenvalue weighted by atomic mass is 16.5. The van der Waals surface area contributed by atoms with Crippen LogP contribution in [-0.2, 0) is 11.3 Å². The van der Waals surface area contributed by atoms with Gasteiger partial charge in [0.15, 0.2) is 0 Å². The maximum Gasteiger partial charge on any atom is 0.320 e. The molecule has 1 atom stereocenters. The molecular formula is C15H25NO4. The molecule has 5 nitrogen and oxygen atoms in total. The van der Waals surface area contributed by atoms with Crippen LogP contribution in [0.3, 0.4) is 0 Å². The molecule has 0 saturated heterocycles. The van der Waals surface area contributed by atoms with Crippen molar-refractivity contribution in [1.29, 1.82) is 0 Å². The molecule has 1 aromatic carbocycles. The van der Waals surface area contributed by atoms with Gasteiger partial charge in [0.25, 0.3) is 0 Å². The third-order valence-electron chi connectivity index (χ3n) is 2.71. The lowest BCUT2D eigenvalue weighted by Crippen LogP contribution is -2.33. The van der Waals surface area contributed by atoms with Gasteiger partial charge in [-0.2, -0.15) is 0 Å². The van der Waals surface area contributed by atoms with Crippen molar-refractivity contribution in [2.45, 2.75) is 40.3 Å². The second-order valence-corrected chi connectivity index (χ2v) is 4.09. The molecule has 0 spiro atoms. The van der Waals surface area contributed by atoms with Gasteiger partial charge in [-0.1, -0.05) is 13.8 Å². The molecule has 2 N–H and O–H groups in total. The number of benzene rings is 1. The third-order valence-corrected chi connectivity index (χ3v) is 2.71. The highest BCUT2D eigenvalue weighted by Gasteiger charge is 2.15. The van der Waals surface area contributed by atoms with Crippen molar-refractivity contribution >= 4 is 5.97 Å². The fourth-order valence-electron chi connectivity index (χ4n) is 1.63. The molecule has 0 heterocycles. The second-order valence-electron chi connectivity index (χ2n) is 4.09. The molecule has 0 aliphatic rings. The van der Waals surface area contributed by atoms with Crippen LogP contribution in [0.2, 0.25) is 0 Å². The molecule has 0 amide bonds. The Bertz CT molecular complexity index is 407. The first-order valence-electron chi connectivity index (χ1n) is 6.67. The Labute approximate surface area is 120 Å². The summed E-state index contributed by atoms with van der Waals surface area (Å²) < 4.78 is 10.6. The van der Waals surface area contributed by atoms with Gasteiger partial charge in [-0.25, -0.2) is 0 Å². The number of carboxylic acid groups (broad SMARTS) is 1. The highest BCUT2D eigenvalue weighted by Crippen LogP contribution is 2.30. The number of ether oxygens (including phenoxy) is 2. The van der Waals surface area contributed by atoms with E-state index in [4.69, 9.17) is 14.6 Å². The van der Waals surface area contributed by atoms with Crippen LogP contribution in [0.15, 0.2) is 12.1 Å². The van der Waals surface area contributed by atoms with Crippen LogP contribution in [0.4, 0.5) is 0 Å². The van der Waals surface area contributed by atoms with Crippen LogP contribution in [-0.4, -0.2) is 31.3 Å². The maximum atomic E-state index is 10.8. The molecule has 0 aromatic heterocycles. The minimum Gasteiger partial charge on any atom is -0.496 e. The summed E-state index contributed by atoms with van der Waals surface area (Å²) in [6.45, 7) is 7.91. The van der Waals surface area contributed by atoms with Gasteiger partial charge in [0.2, 0.25) is 0 Å². The average Bonchev–Trinajstić information content (AvgIpc) is 2.46. The van der Waals surface area contributed by atoms with Crippen molar-refractivity contribution in [3.63, 3.8) is 0 Å². The monoisotopic (exact) mass is 283 g/mol. The van der Waals surface area contributed by atoms with Crippen molar-refractivity contribution in [3.05, 3.63) is 23.3 Å². The van der Waals surface area contributed by atoms with E-state index < -0.39 is 12.0 Å². The van der Waals surface area contributed by atoms with Crippen LogP contribution >= 0.6 is 0 Å². The molecule has 0 fully saturated rings. The second kappa shape index (κ2) is 9.20. The summed E-state index contributed by atoms with van der Waals surface area (Å²) in [5.74, 6) is 0.494. The minimum absolute atomic E-state index is 0.375. The number of nitrogens with one attached hydrogen (secondary N) is 1. The zero-order valence-electron chi connectivity index (χ0n) is 13.1. The van der Waals surface area contributed by atoms with Gasteiger partial charge >= 0.3 is 5.97 Å². The summed E-state index contributed by atoms with van der Waals surface area (Å²) in [4.78, 5) is 10.8. The Hall–Kier alpha value is -1.75. The largest absolute Gasteiger partial charge is 0.496 e. The van der Waals surface area contributed by atoms with Gasteiger partial charge in [-0.3, -0.25) is 4.79 Å². The van der Waals surface area contributed by atoms with Crippen LogP contribution in [0, 0.1) is 6.92 Å². The van der Waals surface area contributed by atoms with E-state index >= 15 is 0 Å². The number of aliphatic carboxylic acids is 1. The molecule has 1 rings (SSSR count). The van der Waals surface area contributed by atoms with E-state index in [1.54, 1.807) is 21.1 Å². The molecule has 0 aliphatic carbocycles. The Morgan fingerprint density at radius 3 is 2.05 bits per heavy atom. The summed E-state index contributed by atoms with van der Waals surface area (Å²) in [6.07, 6.45) is 0. The van der Waals surface area contributed by atoms with Gasteiger partial charge in [-0.15, -0.1) is 0 Å². The van der Waals surface area contributed by atoms with Crippen molar-refractivity contribution in [2.75, 3.05) is 14.2 Å². The molecule has 114 valence electrons. The van der Waals surface area contributed by atoms with Gasteiger partial charge in [0.05, 0.1) is 14.2 Å². The molecule has 1 aromatic rings. The van der Waals surface area contributed by atoms with Gasteiger partial charge < -0.3 is 19.9 Å². The van der Waals surface area contributed by atoms with Crippen molar-refractivity contribution in [3.8, 4) is 11.5 Å². The van der Waals surface area contributed by atoms with E-state index in [2.05, 4.69) is 5.32 Å². The number of hydrogen-bond donors (Lipinski definition) is 2. The summed E-state index contributed by atoms with van der Waals surface area (Å²) in [5, 5.41) is 11.7. The van der Waals surface area contributed by atoms with E-state index in [-0.39, 0.29) is 0 Å². The lowest BCUT2D eigenvalue weighted by atomic mass is 10.1. The van der Waals surface area contributed by atoms with Crippen molar-refractivity contribution in [1.82, 2.24) is 5.32 Å². The molecule has 0 saturated carbocycles. The van der Waals surface area contributed by atoms with Gasteiger partial charge in [0, 0.05) is 12.1 Å². The van der Waals surface area contributed by atoms with Crippen molar-refractivity contribution < 1.29 is 19.4 Å². The lowest BCUT2D eigenvalue weighted by molar-refractivity contribution is -0.139. The number of carboxylic acids is 1. The predicted molar refractivity (Wildman–Crippen MR) is 79.6 cm³/mol. The number of carbonyl (C=O) groups is 1. The fraction of sp³-hybridized carbons (Fsp3) is 0.533. The summed E-state index contributed by atoms with van der Waals surface area (Å²) >= 11 is 0. The molecule has 1 unspecified atom stereocenters. The molecule has 20 heavy (non-hydrogen) atoms. The van der Waals surface area contributed by atoms with Crippen molar-refractivity contribution in [2.24, 2.45) is 0 Å². The van der Waals surface area contributed by atoms with E-state index in [0.717, 1.165) is 11.1 Å². The topological polar surface area (TPSA) is 67.8 Å². The molecule has 0 bridgehead atoms. The van der Waals surface area contributed by atoms with Crippen LogP contribution in [0.5, 0.6) is 11.5 Å². The Morgan fingerprint density at radius 2 is 1.70 bits per heavy atom. The molecular weight excluding hydrogens is 258 g/mol. The molecule has 5 heteroatoms. The first-order chi connectivity index (χ1) is 9.49. The van der Waals surface area contributed by atoms with Crippen LogP contribution < -0.4 is 14.8 Å². The summed E-state index contributed by atoms with van der Waals surface area (Å²) in [7, 11) is 3.16. The number of aryl methyl sites for hydroxylation is 1. The normalized spacial score (nSPS) is 11.1. The SMILES string of the molecule is CC.COc1cc(C)cc(OC)c1CNC(C)C(=O)O. The Morgan fingerprint density at radius 1 is 1.25 bits per heavy atom. The lowest BCUT2D eigenvalue weighted by Gasteiger charge is -2.16. The number of rotatable bonds is 6. The van der Waals surface area contributed by atoms with E-state index in [1.165, 1.54) is 0 Å². The predicted octanol–water partition coefficient (Wildman–Crippen LogP) is 2.60. The number of methoxy groups -OCH3 is 2. The Balaban J connectivity index is 0.00000172. The average molecular weight is 283 g/mol.